The molecule has 2 aromatic carbocycles. The zero-order valence-corrected chi connectivity index (χ0v) is 16.4. The van der Waals surface area contributed by atoms with Crippen molar-refractivity contribution < 1.29 is 9.53 Å². The summed E-state index contributed by atoms with van der Waals surface area (Å²) in [7, 11) is 2.09. The number of carbonyl (C=O) groups excluding carboxylic acids is 1. The van der Waals surface area contributed by atoms with Crippen LogP contribution in [0.4, 0.5) is 16.2 Å². The van der Waals surface area contributed by atoms with E-state index in [1.54, 1.807) is 4.90 Å². The number of hydrogen-bond donors (Lipinski definition) is 0. The van der Waals surface area contributed by atoms with Crippen molar-refractivity contribution in [3.8, 4) is 0 Å². The molecule has 0 fully saturated rings. The molecule has 0 atom stereocenters. The first kappa shape index (κ1) is 18.3. The number of nitrogens with zero attached hydrogens (tertiary/aromatic N) is 2. The third kappa shape index (κ3) is 4.18. The first-order valence-corrected chi connectivity index (χ1v) is 9.13. The Labute approximate surface area is 156 Å². The Morgan fingerprint density at radius 3 is 2.35 bits per heavy atom. The highest BCUT2D eigenvalue weighted by Gasteiger charge is 2.26. The summed E-state index contributed by atoms with van der Waals surface area (Å²) in [5.41, 5.74) is 5.64. The van der Waals surface area contributed by atoms with E-state index in [4.69, 9.17) is 4.74 Å². The molecule has 0 unspecified atom stereocenters. The molecular formula is C22H28N2O2. The van der Waals surface area contributed by atoms with Crippen LogP contribution in [-0.4, -0.2) is 30.2 Å². The lowest BCUT2D eigenvalue weighted by Gasteiger charge is -2.32. The largest absolute Gasteiger partial charge is 0.444 e. The maximum atomic E-state index is 12.3. The van der Waals surface area contributed by atoms with Gasteiger partial charge < -0.3 is 14.5 Å². The zero-order valence-electron chi connectivity index (χ0n) is 16.4. The Kier molecular flexibility index (Phi) is 4.94. The summed E-state index contributed by atoms with van der Waals surface area (Å²) in [5, 5.41) is 0. The van der Waals surface area contributed by atoms with Gasteiger partial charge in [0.1, 0.15) is 5.60 Å². The Morgan fingerprint density at radius 2 is 1.69 bits per heavy atom. The van der Waals surface area contributed by atoms with Crippen molar-refractivity contribution in [2.24, 2.45) is 0 Å². The van der Waals surface area contributed by atoms with Crippen molar-refractivity contribution in [2.75, 3.05) is 18.5 Å². The van der Waals surface area contributed by atoms with Crippen molar-refractivity contribution in [2.45, 2.75) is 46.3 Å². The number of carbonyl (C=O) groups is 1. The number of ether oxygens (including phenoxy) is 1. The predicted octanol–water partition coefficient (Wildman–Crippen LogP) is 5.06. The van der Waals surface area contributed by atoms with Crippen LogP contribution in [-0.2, 0) is 17.7 Å². The quantitative estimate of drug-likeness (QED) is 0.758. The molecule has 0 saturated carbocycles. The van der Waals surface area contributed by atoms with Gasteiger partial charge in [-0.25, -0.2) is 4.79 Å². The lowest BCUT2D eigenvalue weighted by molar-refractivity contribution is 0.0224. The van der Waals surface area contributed by atoms with Gasteiger partial charge in [0.15, 0.2) is 0 Å². The SMILES string of the molecule is Cc1ccc(N(C)c2ccc3c(c2)CCN(C(=O)OC(C)(C)C)C3)cc1. The standard InChI is InChI=1S/C22H28N2O2/c1-16-6-9-19(10-7-16)23(5)20-11-8-18-15-24(13-12-17(18)14-20)21(25)26-22(2,3)4/h6-11,14H,12-13,15H2,1-5H3. The van der Waals surface area contributed by atoms with E-state index < -0.39 is 5.60 Å². The number of fused-ring (bicyclic) bond motifs is 1. The van der Waals surface area contributed by atoms with Crippen LogP contribution in [0.3, 0.4) is 0 Å². The van der Waals surface area contributed by atoms with Crippen LogP contribution in [0.15, 0.2) is 42.5 Å². The van der Waals surface area contributed by atoms with Crippen LogP contribution < -0.4 is 4.90 Å². The minimum absolute atomic E-state index is 0.232. The average Bonchev–Trinajstić information content (AvgIpc) is 2.59. The molecule has 0 aliphatic carbocycles. The number of aryl methyl sites for hydroxylation is 1. The van der Waals surface area contributed by atoms with Gasteiger partial charge in [-0.05, 0) is 69.5 Å². The molecule has 0 aromatic heterocycles. The van der Waals surface area contributed by atoms with Crippen LogP contribution in [0.1, 0.15) is 37.5 Å². The van der Waals surface area contributed by atoms with Crippen LogP contribution in [0, 0.1) is 6.92 Å². The number of amides is 1. The first-order valence-electron chi connectivity index (χ1n) is 9.13. The molecule has 26 heavy (non-hydrogen) atoms. The smallest absolute Gasteiger partial charge is 0.410 e. The molecule has 3 rings (SSSR count). The molecule has 4 heteroatoms. The monoisotopic (exact) mass is 352 g/mol. The lowest BCUT2D eigenvalue weighted by Crippen LogP contribution is -2.39. The fourth-order valence-electron chi connectivity index (χ4n) is 3.15. The van der Waals surface area contributed by atoms with Gasteiger partial charge in [0.05, 0.1) is 0 Å². The molecule has 1 amide bonds. The summed E-state index contributed by atoms with van der Waals surface area (Å²) >= 11 is 0. The highest BCUT2D eigenvalue weighted by molar-refractivity contribution is 5.69. The van der Waals surface area contributed by atoms with E-state index >= 15 is 0 Å². The van der Waals surface area contributed by atoms with Crippen molar-refractivity contribution in [1.29, 1.82) is 0 Å². The van der Waals surface area contributed by atoms with Gasteiger partial charge in [-0.1, -0.05) is 23.8 Å². The third-order valence-electron chi connectivity index (χ3n) is 4.66. The van der Waals surface area contributed by atoms with Crippen LogP contribution >= 0.6 is 0 Å². The predicted molar refractivity (Wildman–Crippen MR) is 106 cm³/mol. The second-order valence-electron chi connectivity index (χ2n) is 8.00. The summed E-state index contributed by atoms with van der Waals surface area (Å²) in [4.78, 5) is 16.3. The van der Waals surface area contributed by atoms with E-state index in [-0.39, 0.29) is 6.09 Å². The average molecular weight is 352 g/mol. The van der Waals surface area contributed by atoms with E-state index in [0.29, 0.717) is 13.1 Å². The molecule has 0 N–H and O–H groups in total. The Balaban J connectivity index is 1.74. The number of benzene rings is 2. The fraction of sp³-hybridized carbons (Fsp3) is 0.409. The summed E-state index contributed by atoms with van der Waals surface area (Å²) in [5.74, 6) is 0. The highest BCUT2D eigenvalue weighted by atomic mass is 16.6. The van der Waals surface area contributed by atoms with E-state index in [9.17, 15) is 4.79 Å². The molecule has 1 aliphatic rings. The maximum absolute atomic E-state index is 12.3. The fourth-order valence-corrected chi connectivity index (χ4v) is 3.15. The summed E-state index contributed by atoms with van der Waals surface area (Å²) in [6.07, 6.45) is 0.619. The lowest BCUT2D eigenvalue weighted by atomic mass is 9.99. The summed E-state index contributed by atoms with van der Waals surface area (Å²) in [6, 6.07) is 15.0. The van der Waals surface area contributed by atoms with E-state index in [2.05, 4.69) is 61.3 Å². The number of hydrogen-bond acceptors (Lipinski definition) is 3. The number of anilines is 2. The summed E-state index contributed by atoms with van der Waals surface area (Å²) < 4.78 is 5.50. The van der Waals surface area contributed by atoms with Gasteiger partial charge in [-0.3, -0.25) is 0 Å². The minimum atomic E-state index is -0.460. The molecule has 1 heterocycles. The van der Waals surface area contributed by atoms with Crippen LogP contribution in [0.2, 0.25) is 0 Å². The molecule has 0 bridgehead atoms. The zero-order chi connectivity index (χ0) is 18.9. The third-order valence-corrected chi connectivity index (χ3v) is 4.66. The van der Waals surface area contributed by atoms with Gasteiger partial charge >= 0.3 is 6.09 Å². The van der Waals surface area contributed by atoms with Gasteiger partial charge in [-0.2, -0.15) is 0 Å². The Hall–Kier alpha value is -2.49. The van der Waals surface area contributed by atoms with E-state index in [1.165, 1.54) is 28.1 Å². The first-order chi connectivity index (χ1) is 12.2. The molecule has 138 valence electrons. The Bertz CT molecular complexity index is 791. The van der Waals surface area contributed by atoms with Gasteiger partial charge in [-0.15, -0.1) is 0 Å². The van der Waals surface area contributed by atoms with Crippen molar-refractivity contribution >= 4 is 17.5 Å². The van der Waals surface area contributed by atoms with Gasteiger partial charge in [0.25, 0.3) is 0 Å². The Morgan fingerprint density at radius 1 is 1.04 bits per heavy atom. The van der Waals surface area contributed by atoms with Crippen molar-refractivity contribution in [3.05, 3.63) is 59.2 Å². The second-order valence-corrected chi connectivity index (χ2v) is 8.00. The molecule has 0 saturated heterocycles. The molecular weight excluding hydrogens is 324 g/mol. The van der Waals surface area contributed by atoms with Gasteiger partial charge in [0, 0.05) is 31.5 Å². The minimum Gasteiger partial charge on any atom is -0.444 e. The topological polar surface area (TPSA) is 32.8 Å². The van der Waals surface area contributed by atoms with Gasteiger partial charge in [0.2, 0.25) is 0 Å². The van der Waals surface area contributed by atoms with Crippen molar-refractivity contribution in [3.63, 3.8) is 0 Å². The van der Waals surface area contributed by atoms with Crippen LogP contribution in [0.5, 0.6) is 0 Å². The maximum Gasteiger partial charge on any atom is 0.410 e. The van der Waals surface area contributed by atoms with E-state index in [1.807, 2.05) is 20.8 Å². The molecule has 0 radical (unpaired) electrons. The second kappa shape index (κ2) is 7.02. The molecule has 4 nitrogen and oxygen atoms in total. The number of rotatable bonds is 2. The molecule has 1 aliphatic heterocycles. The van der Waals surface area contributed by atoms with Crippen LogP contribution in [0.25, 0.3) is 0 Å². The van der Waals surface area contributed by atoms with E-state index in [0.717, 1.165) is 6.42 Å². The highest BCUT2D eigenvalue weighted by Crippen LogP contribution is 2.29. The molecule has 2 aromatic rings. The van der Waals surface area contributed by atoms with Crippen molar-refractivity contribution in [1.82, 2.24) is 4.90 Å². The summed E-state index contributed by atoms with van der Waals surface area (Å²) in [6.45, 7) is 9.10. The normalized spacial score (nSPS) is 14.0. The molecule has 0 spiro atoms.